The summed E-state index contributed by atoms with van der Waals surface area (Å²) in [5.74, 6) is 0. The third kappa shape index (κ3) is 7.46. The van der Waals surface area contributed by atoms with Crippen molar-refractivity contribution in [1.29, 1.82) is 0 Å². The highest BCUT2D eigenvalue weighted by atomic mass is 35.5. The lowest BCUT2D eigenvalue weighted by molar-refractivity contribution is 0.176. The van der Waals surface area contributed by atoms with Crippen molar-refractivity contribution in [3.63, 3.8) is 0 Å². The monoisotopic (exact) mass is 148 g/mol. The predicted molar refractivity (Wildman–Crippen MR) is 38.5 cm³/mol. The molecule has 52 valence electrons. The summed E-state index contributed by atoms with van der Waals surface area (Å²) in [6.45, 7) is 0.782. The molecule has 0 heterocycles. The second-order valence-corrected chi connectivity index (χ2v) is 1.43. The number of nitrogens with two attached hydrogens (primary N) is 1. The highest BCUT2D eigenvalue weighted by Crippen LogP contribution is 1.79. The number of halogens is 1. The van der Waals surface area contributed by atoms with Crippen LogP contribution in [0, 0.1) is 0 Å². The van der Waals surface area contributed by atoms with Gasteiger partial charge in [-0.05, 0) is 6.08 Å². The molecule has 0 radical (unpaired) electrons. The summed E-state index contributed by atoms with van der Waals surface area (Å²) in [5.41, 5.74) is 6.44. The lowest BCUT2D eigenvalue weighted by Crippen LogP contribution is -1.99. The van der Waals surface area contributed by atoms with Gasteiger partial charge in [-0.2, -0.15) is 0 Å². The van der Waals surface area contributed by atoms with E-state index in [0.29, 0.717) is 13.2 Å². The first kappa shape index (κ1) is 8.46. The van der Waals surface area contributed by atoms with E-state index in [1.54, 1.807) is 6.08 Å². The summed E-state index contributed by atoms with van der Waals surface area (Å²) in [6.07, 6.45) is 3.11. The molecule has 0 spiro atoms. The average Bonchev–Trinajstić information content (AvgIpc) is 1.89. The van der Waals surface area contributed by atoms with Crippen molar-refractivity contribution in [2.75, 3.05) is 13.2 Å². The molecule has 0 unspecified atom stereocenters. The van der Waals surface area contributed by atoms with E-state index in [-0.39, 0.29) is 0 Å². The largest absolute Gasteiger partial charge is 0.392 e. The fourth-order valence-corrected chi connectivity index (χ4v) is 0.291. The van der Waals surface area contributed by atoms with Gasteiger partial charge in [-0.3, -0.25) is 0 Å². The molecule has 0 aliphatic rings. The predicted octanol–water partition coefficient (Wildman–Crippen LogP) is 0.700. The van der Waals surface area contributed by atoms with Gasteiger partial charge in [0.15, 0.2) is 0 Å². The summed E-state index contributed by atoms with van der Waals surface area (Å²) >= 11 is 5.18. The third-order valence-electron chi connectivity index (χ3n) is 0.514. The highest BCUT2D eigenvalue weighted by molar-refractivity contribution is 6.25. The Morgan fingerprint density at radius 2 is 2.44 bits per heavy atom. The maximum atomic E-state index is 5.18. The Kier molecular flexibility index (Phi) is 7.01. The van der Waals surface area contributed by atoms with Gasteiger partial charge in [0.2, 0.25) is 0 Å². The maximum absolute atomic E-state index is 5.18. The molecule has 0 aliphatic carbocycles. The van der Waals surface area contributed by atoms with E-state index in [9.17, 15) is 0 Å². The van der Waals surface area contributed by atoms with Gasteiger partial charge in [-0.15, -0.1) is 0 Å². The molecule has 0 atom stereocenters. The topological polar surface area (TPSA) is 47.6 Å². The van der Waals surface area contributed by atoms with Crippen molar-refractivity contribution in [2.24, 2.45) is 10.9 Å². The normalized spacial score (nSPS) is 11.3. The molecule has 9 heavy (non-hydrogen) atoms. The molecule has 0 rings (SSSR count). The Hall–Kier alpha value is -0.540. The van der Waals surface area contributed by atoms with Crippen LogP contribution in [0.2, 0.25) is 0 Å². The Bertz CT molecular complexity index is 103. The molecular weight excluding hydrogens is 140 g/mol. The SMILES string of the molecule is NC/C=N/OC/C=C\Cl. The first-order chi connectivity index (χ1) is 4.41. The van der Waals surface area contributed by atoms with Crippen LogP contribution in [0.15, 0.2) is 16.8 Å². The molecule has 0 fully saturated rings. The molecule has 3 nitrogen and oxygen atoms in total. The van der Waals surface area contributed by atoms with Crippen LogP contribution in [0.25, 0.3) is 0 Å². The van der Waals surface area contributed by atoms with Gasteiger partial charge < -0.3 is 10.6 Å². The fourth-order valence-electron chi connectivity index (χ4n) is 0.218. The minimum absolute atomic E-state index is 0.389. The molecule has 0 aromatic heterocycles. The number of rotatable bonds is 4. The molecule has 0 aromatic carbocycles. The standard InChI is InChI=1S/C5H9ClN2O/c6-2-1-5-9-8-4-3-7/h1-2,4H,3,5,7H2/b2-1-,8-4+. The summed E-state index contributed by atoms with van der Waals surface area (Å²) in [7, 11) is 0. The minimum atomic E-state index is 0.389. The smallest absolute Gasteiger partial charge is 0.136 e. The lowest BCUT2D eigenvalue weighted by Gasteiger charge is -1.88. The van der Waals surface area contributed by atoms with Crippen LogP contribution in [-0.2, 0) is 4.84 Å². The van der Waals surface area contributed by atoms with Crippen LogP contribution >= 0.6 is 11.6 Å². The van der Waals surface area contributed by atoms with Crippen molar-refractivity contribution in [2.45, 2.75) is 0 Å². The Morgan fingerprint density at radius 3 is 3.00 bits per heavy atom. The third-order valence-corrected chi connectivity index (χ3v) is 0.693. The van der Waals surface area contributed by atoms with Gasteiger partial charge in [-0.1, -0.05) is 16.8 Å². The number of hydrogen-bond donors (Lipinski definition) is 1. The van der Waals surface area contributed by atoms with Crippen LogP contribution in [0.1, 0.15) is 0 Å². The first-order valence-corrected chi connectivity index (χ1v) is 2.94. The van der Waals surface area contributed by atoms with Gasteiger partial charge in [0.25, 0.3) is 0 Å². The highest BCUT2D eigenvalue weighted by Gasteiger charge is 1.71. The number of hydrogen-bond acceptors (Lipinski definition) is 3. The van der Waals surface area contributed by atoms with Crippen molar-refractivity contribution < 1.29 is 4.84 Å². The van der Waals surface area contributed by atoms with Gasteiger partial charge in [0.1, 0.15) is 6.61 Å². The van der Waals surface area contributed by atoms with Gasteiger partial charge in [0, 0.05) is 12.1 Å². The maximum Gasteiger partial charge on any atom is 0.136 e. The van der Waals surface area contributed by atoms with Crippen molar-refractivity contribution in [3.05, 3.63) is 11.6 Å². The van der Waals surface area contributed by atoms with Gasteiger partial charge in [-0.25, -0.2) is 0 Å². The Morgan fingerprint density at radius 1 is 1.67 bits per heavy atom. The van der Waals surface area contributed by atoms with Crippen molar-refractivity contribution >= 4 is 17.8 Å². The summed E-state index contributed by atoms with van der Waals surface area (Å²) < 4.78 is 0. The molecule has 0 saturated carbocycles. The molecule has 4 heteroatoms. The zero-order chi connectivity index (χ0) is 6.95. The van der Waals surface area contributed by atoms with E-state index in [4.69, 9.17) is 17.3 Å². The van der Waals surface area contributed by atoms with Crippen molar-refractivity contribution in [3.8, 4) is 0 Å². The van der Waals surface area contributed by atoms with Crippen LogP contribution in [0.4, 0.5) is 0 Å². The van der Waals surface area contributed by atoms with E-state index in [1.165, 1.54) is 11.7 Å². The van der Waals surface area contributed by atoms with Crippen LogP contribution < -0.4 is 5.73 Å². The average molecular weight is 149 g/mol. The first-order valence-electron chi connectivity index (χ1n) is 2.51. The summed E-state index contributed by atoms with van der Waals surface area (Å²) in [6, 6.07) is 0. The second-order valence-electron chi connectivity index (χ2n) is 1.18. The van der Waals surface area contributed by atoms with E-state index in [1.807, 2.05) is 0 Å². The Balaban J connectivity index is 2.99. The molecule has 0 aromatic rings. The van der Waals surface area contributed by atoms with Crippen LogP contribution in [0.5, 0.6) is 0 Å². The minimum Gasteiger partial charge on any atom is -0.392 e. The Labute approximate surface area is 59.1 Å². The van der Waals surface area contributed by atoms with E-state index < -0.39 is 0 Å². The quantitative estimate of drug-likeness (QED) is 0.363. The molecule has 0 aliphatic heterocycles. The molecule has 0 amide bonds. The number of oxime groups is 1. The van der Waals surface area contributed by atoms with Crippen LogP contribution in [0.3, 0.4) is 0 Å². The molecule has 0 bridgehead atoms. The molecular formula is C5H9ClN2O. The van der Waals surface area contributed by atoms with Crippen molar-refractivity contribution in [1.82, 2.24) is 0 Å². The van der Waals surface area contributed by atoms with Crippen LogP contribution in [-0.4, -0.2) is 19.4 Å². The summed E-state index contributed by atoms with van der Waals surface area (Å²) in [4.78, 5) is 4.63. The zero-order valence-electron chi connectivity index (χ0n) is 4.96. The zero-order valence-corrected chi connectivity index (χ0v) is 5.71. The van der Waals surface area contributed by atoms with E-state index in [0.717, 1.165) is 0 Å². The van der Waals surface area contributed by atoms with Gasteiger partial charge in [0.05, 0.1) is 6.21 Å². The van der Waals surface area contributed by atoms with Gasteiger partial charge >= 0.3 is 0 Å². The molecule has 2 N–H and O–H groups in total. The summed E-state index contributed by atoms with van der Waals surface area (Å²) in [5, 5.41) is 3.47. The van der Waals surface area contributed by atoms with E-state index in [2.05, 4.69) is 9.99 Å². The fraction of sp³-hybridized carbons (Fsp3) is 0.400. The number of nitrogens with zero attached hydrogens (tertiary/aromatic N) is 1. The second kappa shape index (κ2) is 7.46. The van der Waals surface area contributed by atoms with E-state index >= 15 is 0 Å². The lowest BCUT2D eigenvalue weighted by atomic mass is 10.7. The molecule has 0 saturated heterocycles.